The van der Waals surface area contributed by atoms with E-state index in [1.807, 2.05) is 13.8 Å². The zero-order valence-corrected chi connectivity index (χ0v) is 11.2. The second-order valence-corrected chi connectivity index (χ2v) is 5.42. The largest absolute Gasteiger partial charge is 0.316 e. The fourth-order valence-corrected chi connectivity index (χ4v) is 2.82. The van der Waals surface area contributed by atoms with Gasteiger partial charge in [-0.15, -0.1) is 0 Å². The molecule has 1 aromatic carbocycles. The highest BCUT2D eigenvalue weighted by molar-refractivity contribution is 6.30. The van der Waals surface area contributed by atoms with E-state index < -0.39 is 0 Å². The summed E-state index contributed by atoms with van der Waals surface area (Å²) in [6, 6.07) is 1.72. The molecule has 1 unspecified atom stereocenters. The summed E-state index contributed by atoms with van der Waals surface area (Å²) in [5.74, 6) is 0.315. The minimum atomic E-state index is -0.222. The minimum Gasteiger partial charge on any atom is -0.316 e. The summed E-state index contributed by atoms with van der Waals surface area (Å²) in [7, 11) is 0. The van der Waals surface area contributed by atoms with Gasteiger partial charge in [-0.3, -0.25) is 0 Å². The van der Waals surface area contributed by atoms with E-state index in [0.717, 1.165) is 36.2 Å². The molecule has 3 heteroatoms. The summed E-state index contributed by atoms with van der Waals surface area (Å²) in [6.07, 6.45) is 3.16. The van der Waals surface area contributed by atoms with Gasteiger partial charge in [-0.25, -0.2) is 4.39 Å². The molecule has 1 aromatic rings. The predicted octanol–water partition coefficient (Wildman–Crippen LogP) is 3.64. The van der Waals surface area contributed by atoms with E-state index >= 15 is 0 Å². The lowest BCUT2D eigenvalue weighted by Gasteiger charge is -2.24. The average Bonchev–Trinajstić information content (AvgIpc) is 2.33. The molecule has 1 nitrogen and oxygen atoms in total. The maximum atomic E-state index is 14.0. The summed E-state index contributed by atoms with van der Waals surface area (Å²) in [6.45, 7) is 6.06. The summed E-state index contributed by atoms with van der Waals surface area (Å²) in [5.41, 5.74) is 2.94. The molecule has 2 rings (SSSR count). The standard InChI is InChI=1S/C14H19ClFN/c1-9-6-13(15)14(16)12(10(9)2)7-11-4-3-5-17-8-11/h6,11,17H,3-5,7-8H2,1-2H3. The minimum absolute atomic E-state index is 0.222. The van der Waals surface area contributed by atoms with Crippen LogP contribution in [0.3, 0.4) is 0 Å². The highest BCUT2D eigenvalue weighted by atomic mass is 35.5. The fourth-order valence-electron chi connectivity index (χ4n) is 2.54. The van der Waals surface area contributed by atoms with Crippen molar-refractivity contribution < 1.29 is 4.39 Å². The van der Waals surface area contributed by atoms with Crippen molar-refractivity contribution in [3.8, 4) is 0 Å². The lowest BCUT2D eigenvalue weighted by atomic mass is 9.89. The molecule has 0 bridgehead atoms. The van der Waals surface area contributed by atoms with Gasteiger partial charge in [0.05, 0.1) is 5.02 Å². The number of piperidine rings is 1. The first kappa shape index (κ1) is 12.8. The lowest BCUT2D eigenvalue weighted by Crippen LogP contribution is -2.31. The third-order valence-electron chi connectivity index (χ3n) is 3.75. The number of aryl methyl sites for hydroxylation is 1. The van der Waals surface area contributed by atoms with Crippen LogP contribution in [0.5, 0.6) is 0 Å². The van der Waals surface area contributed by atoms with Crippen molar-refractivity contribution in [2.24, 2.45) is 5.92 Å². The molecular weight excluding hydrogens is 237 g/mol. The number of rotatable bonds is 2. The number of hydrogen-bond acceptors (Lipinski definition) is 1. The Kier molecular flexibility index (Phi) is 4.05. The summed E-state index contributed by atoms with van der Waals surface area (Å²) < 4.78 is 14.0. The second-order valence-electron chi connectivity index (χ2n) is 5.01. The molecular formula is C14H19ClFN. The van der Waals surface area contributed by atoms with E-state index in [4.69, 9.17) is 11.6 Å². The first-order valence-corrected chi connectivity index (χ1v) is 6.62. The van der Waals surface area contributed by atoms with Crippen molar-refractivity contribution in [1.29, 1.82) is 0 Å². The Balaban J connectivity index is 2.24. The molecule has 1 fully saturated rings. The van der Waals surface area contributed by atoms with Gasteiger partial charge in [-0.05, 0) is 74.9 Å². The molecule has 1 N–H and O–H groups in total. The second kappa shape index (κ2) is 5.36. The number of hydrogen-bond donors (Lipinski definition) is 1. The Hall–Kier alpha value is -0.600. The van der Waals surface area contributed by atoms with Gasteiger partial charge in [0.1, 0.15) is 5.82 Å². The molecule has 0 radical (unpaired) electrons. The van der Waals surface area contributed by atoms with Crippen LogP contribution < -0.4 is 5.32 Å². The molecule has 1 aliphatic rings. The topological polar surface area (TPSA) is 12.0 Å². The van der Waals surface area contributed by atoms with Gasteiger partial charge >= 0.3 is 0 Å². The molecule has 94 valence electrons. The predicted molar refractivity (Wildman–Crippen MR) is 70.2 cm³/mol. The van der Waals surface area contributed by atoms with Gasteiger partial charge in [-0.2, -0.15) is 0 Å². The van der Waals surface area contributed by atoms with Crippen LogP contribution in [0.1, 0.15) is 29.5 Å². The highest BCUT2D eigenvalue weighted by Gasteiger charge is 2.19. The molecule has 0 aliphatic carbocycles. The number of halogens is 2. The molecule has 1 aliphatic heterocycles. The van der Waals surface area contributed by atoms with Crippen molar-refractivity contribution in [2.75, 3.05) is 13.1 Å². The zero-order chi connectivity index (χ0) is 12.4. The van der Waals surface area contributed by atoms with Crippen LogP contribution in [0.4, 0.5) is 4.39 Å². The Morgan fingerprint density at radius 2 is 2.24 bits per heavy atom. The van der Waals surface area contributed by atoms with Crippen LogP contribution in [-0.4, -0.2) is 13.1 Å². The Morgan fingerprint density at radius 1 is 1.47 bits per heavy atom. The van der Waals surface area contributed by atoms with Crippen molar-refractivity contribution in [2.45, 2.75) is 33.1 Å². The molecule has 0 spiro atoms. The van der Waals surface area contributed by atoms with E-state index in [0.29, 0.717) is 5.92 Å². The van der Waals surface area contributed by atoms with Gasteiger partial charge in [-0.1, -0.05) is 11.6 Å². The quantitative estimate of drug-likeness (QED) is 0.851. The van der Waals surface area contributed by atoms with Crippen LogP contribution in [0, 0.1) is 25.6 Å². The molecule has 1 saturated heterocycles. The third kappa shape index (κ3) is 2.80. The average molecular weight is 256 g/mol. The van der Waals surface area contributed by atoms with E-state index in [2.05, 4.69) is 5.32 Å². The lowest BCUT2D eigenvalue weighted by molar-refractivity contribution is 0.371. The molecule has 17 heavy (non-hydrogen) atoms. The Labute approximate surface area is 107 Å². The molecule has 1 heterocycles. The van der Waals surface area contributed by atoms with Crippen molar-refractivity contribution in [1.82, 2.24) is 5.32 Å². The van der Waals surface area contributed by atoms with E-state index in [1.54, 1.807) is 6.07 Å². The van der Waals surface area contributed by atoms with Gasteiger partial charge in [0.15, 0.2) is 0 Å². The van der Waals surface area contributed by atoms with E-state index in [1.165, 1.54) is 12.8 Å². The molecule has 1 atom stereocenters. The van der Waals surface area contributed by atoms with Crippen molar-refractivity contribution in [3.63, 3.8) is 0 Å². The summed E-state index contributed by atoms with van der Waals surface area (Å²) >= 11 is 5.92. The molecule has 0 amide bonds. The first-order chi connectivity index (χ1) is 8.09. The Bertz CT molecular complexity index is 385. The third-order valence-corrected chi connectivity index (χ3v) is 4.03. The maximum Gasteiger partial charge on any atom is 0.145 e. The van der Waals surface area contributed by atoms with Crippen molar-refractivity contribution in [3.05, 3.63) is 33.6 Å². The van der Waals surface area contributed by atoms with Gasteiger partial charge < -0.3 is 5.32 Å². The molecule has 0 aromatic heterocycles. The smallest absolute Gasteiger partial charge is 0.145 e. The Morgan fingerprint density at radius 3 is 2.88 bits per heavy atom. The van der Waals surface area contributed by atoms with E-state index in [9.17, 15) is 4.39 Å². The highest BCUT2D eigenvalue weighted by Crippen LogP contribution is 2.28. The van der Waals surface area contributed by atoms with Gasteiger partial charge in [0.25, 0.3) is 0 Å². The molecule has 0 saturated carbocycles. The van der Waals surface area contributed by atoms with Crippen molar-refractivity contribution >= 4 is 11.6 Å². The maximum absolute atomic E-state index is 14.0. The van der Waals surface area contributed by atoms with Crippen LogP contribution in [0.25, 0.3) is 0 Å². The normalized spacial score (nSPS) is 20.6. The van der Waals surface area contributed by atoms with Crippen LogP contribution >= 0.6 is 11.6 Å². The van der Waals surface area contributed by atoms with Gasteiger partial charge in [0.2, 0.25) is 0 Å². The zero-order valence-electron chi connectivity index (χ0n) is 10.4. The van der Waals surface area contributed by atoms with Crippen LogP contribution in [0.15, 0.2) is 6.07 Å². The summed E-state index contributed by atoms with van der Waals surface area (Å²) in [5, 5.41) is 3.62. The fraction of sp³-hybridized carbons (Fsp3) is 0.571. The first-order valence-electron chi connectivity index (χ1n) is 6.24. The van der Waals surface area contributed by atoms with Crippen LogP contribution in [-0.2, 0) is 6.42 Å². The van der Waals surface area contributed by atoms with Crippen LogP contribution in [0.2, 0.25) is 5.02 Å². The monoisotopic (exact) mass is 255 g/mol. The number of benzene rings is 1. The SMILES string of the molecule is Cc1cc(Cl)c(F)c(CC2CCCNC2)c1C. The summed E-state index contributed by atoms with van der Waals surface area (Å²) in [4.78, 5) is 0. The number of nitrogens with one attached hydrogen (secondary N) is 1. The van der Waals surface area contributed by atoms with E-state index in [-0.39, 0.29) is 10.8 Å². The van der Waals surface area contributed by atoms with Gasteiger partial charge in [0, 0.05) is 0 Å².